The van der Waals surface area contributed by atoms with Gasteiger partial charge >= 0.3 is 0 Å². The molecule has 2 heterocycles. The van der Waals surface area contributed by atoms with Crippen LogP contribution in [0.5, 0.6) is 0 Å². The molecule has 16 heavy (non-hydrogen) atoms. The molecule has 0 amide bonds. The van der Waals surface area contributed by atoms with Crippen LogP contribution in [-0.2, 0) is 0 Å². The summed E-state index contributed by atoms with van der Waals surface area (Å²) >= 11 is 1.60. The van der Waals surface area contributed by atoms with E-state index >= 15 is 0 Å². The van der Waals surface area contributed by atoms with Crippen LogP contribution in [0.3, 0.4) is 0 Å². The fourth-order valence-electron chi connectivity index (χ4n) is 1.26. The van der Waals surface area contributed by atoms with Crippen molar-refractivity contribution in [2.45, 2.75) is 19.8 Å². The zero-order valence-electron chi connectivity index (χ0n) is 9.56. The third-order valence-corrected chi connectivity index (χ3v) is 3.41. The van der Waals surface area contributed by atoms with Gasteiger partial charge in [-0.1, -0.05) is 31.3 Å². The molecule has 0 radical (unpaired) electrons. The average Bonchev–Trinajstić information content (AvgIpc) is 2.78. The summed E-state index contributed by atoms with van der Waals surface area (Å²) in [5, 5.41) is 13.3. The minimum atomic E-state index is 0.415. The monoisotopic (exact) mass is 234 g/mol. The highest BCUT2D eigenvalue weighted by atomic mass is 32.1. The maximum atomic E-state index is 4.43. The van der Waals surface area contributed by atoms with Gasteiger partial charge in [0.15, 0.2) is 5.01 Å². The van der Waals surface area contributed by atoms with Crippen LogP contribution in [0.25, 0.3) is 10.7 Å². The topological polar surface area (TPSA) is 50.7 Å². The van der Waals surface area contributed by atoms with E-state index < -0.39 is 0 Å². The summed E-state index contributed by atoms with van der Waals surface area (Å²) in [6, 6.07) is 5.84. The van der Waals surface area contributed by atoms with Crippen LogP contribution in [0.1, 0.15) is 24.8 Å². The van der Waals surface area contributed by atoms with Crippen LogP contribution in [0.2, 0.25) is 0 Å². The van der Waals surface area contributed by atoms with Gasteiger partial charge in [0.05, 0.1) is 0 Å². The maximum absolute atomic E-state index is 4.43. The molecule has 2 aromatic heterocycles. The molecule has 0 bridgehead atoms. The Labute approximate surface area is 98.8 Å². The van der Waals surface area contributed by atoms with Crippen molar-refractivity contribution >= 4 is 17.2 Å². The fraction of sp³-hybridized carbons (Fsp3) is 0.364. The van der Waals surface area contributed by atoms with E-state index in [1.807, 2.05) is 25.2 Å². The predicted molar refractivity (Wildman–Crippen MR) is 66.8 cm³/mol. The number of hydrogen-bond acceptors (Lipinski definition) is 5. The van der Waals surface area contributed by atoms with Crippen LogP contribution >= 0.6 is 11.3 Å². The molecule has 0 saturated heterocycles. The summed E-state index contributed by atoms with van der Waals surface area (Å²) in [5.41, 5.74) is 0.872. The second kappa shape index (κ2) is 4.57. The first kappa shape index (κ1) is 11.0. The second-order valence-electron chi connectivity index (χ2n) is 3.76. The van der Waals surface area contributed by atoms with Gasteiger partial charge in [0.2, 0.25) is 0 Å². The van der Waals surface area contributed by atoms with Gasteiger partial charge in [-0.2, -0.15) is 0 Å². The third-order valence-electron chi connectivity index (χ3n) is 2.16. The number of anilines is 1. The van der Waals surface area contributed by atoms with Gasteiger partial charge in [-0.05, 0) is 12.1 Å². The summed E-state index contributed by atoms with van der Waals surface area (Å²) in [5.74, 6) is 1.26. The van der Waals surface area contributed by atoms with E-state index in [1.165, 1.54) is 0 Å². The number of aromatic nitrogens is 3. The van der Waals surface area contributed by atoms with Crippen LogP contribution in [0, 0.1) is 0 Å². The summed E-state index contributed by atoms with van der Waals surface area (Å²) in [6.07, 6.45) is 0. The molecule has 2 rings (SSSR count). The lowest BCUT2D eigenvalue weighted by Gasteiger charge is -1.99. The molecule has 0 aromatic carbocycles. The van der Waals surface area contributed by atoms with Gasteiger partial charge < -0.3 is 5.32 Å². The van der Waals surface area contributed by atoms with Crippen molar-refractivity contribution in [3.05, 3.63) is 23.2 Å². The minimum absolute atomic E-state index is 0.415. The first-order valence-electron chi connectivity index (χ1n) is 5.19. The van der Waals surface area contributed by atoms with E-state index in [-0.39, 0.29) is 0 Å². The Kier molecular flexibility index (Phi) is 3.14. The molecule has 4 nitrogen and oxygen atoms in total. The lowest BCUT2D eigenvalue weighted by molar-refractivity contribution is 0.825. The third kappa shape index (κ3) is 2.19. The van der Waals surface area contributed by atoms with Crippen LogP contribution < -0.4 is 5.32 Å². The Balaban J connectivity index is 2.34. The molecular weight excluding hydrogens is 220 g/mol. The number of rotatable bonds is 3. The van der Waals surface area contributed by atoms with Gasteiger partial charge in [0, 0.05) is 13.0 Å². The summed E-state index contributed by atoms with van der Waals surface area (Å²) in [4.78, 5) is 4.43. The molecule has 0 saturated carbocycles. The molecule has 0 fully saturated rings. The average molecular weight is 234 g/mol. The molecule has 2 aromatic rings. The molecule has 0 unspecified atom stereocenters. The van der Waals surface area contributed by atoms with Gasteiger partial charge in [-0.25, -0.2) is 4.98 Å². The van der Waals surface area contributed by atoms with Crippen molar-refractivity contribution < 1.29 is 0 Å². The number of hydrogen-bond donors (Lipinski definition) is 1. The smallest absolute Gasteiger partial charge is 0.166 e. The summed E-state index contributed by atoms with van der Waals surface area (Å²) in [6.45, 7) is 4.23. The highest BCUT2D eigenvalue weighted by Gasteiger charge is 2.10. The van der Waals surface area contributed by atoms with E-state index in [1.54, 1.807) is 11.3 Å². The zero-order chi connectivity index (χ0) is 11.5. The van der Waals surface area contributed by atoms with Crippen LogP contribution in [0.15, 0.2) is 18.2 Å². The standard InChI is InChI=1S/C11H14N4S/c1-7(2)10-14-15-11(16-10)8-5-4-6-9(12-3)13-8/h4-7H,1-3H3,(H,12,13). The second-order valence-corrected chi connectivity index (χ2v) is 4.77. The van der Waals surface area contributed by atoms with Gasteiger partial charge in [-0.15, -0.1) is 10.2 Å². The molecule has 5 heteroatoms. The van der Waals surface area contributed by atoms with Gasteiger partial charge in [0.25, 0.3) is 0 Å². The predicted octanol–water partition coefficient (Wildman–Crippen LogP) is 2.77. The molecule has 84 valence electrons. The van der Waals surface area contributed by atoms with Crippen molar-refractivity contribution in [1.82, 2.24) is 15.2 Å². The van der Waals surface area contributed by atoms with Crippen molar-refractivity contribution in [1.29, 1.82) is 0 Å². The molecule has 0 aliphatic heterocycles. The van der Waals surface area contributed by atoms with Crippen molar-refractivity contribution in [3.63, 3.8) is 0 Å². The SMILES string of the molecule is CNc1cccc(-c2nnc(C(C)C)s2)n1. The number of pyridine rings is 1. The van der Waals surface area contributed by atoms with Crippen LogP contribution in [-0.4, -0.2) is 22.2 Å². The molecule has 1 N–H and O–H groups in total. The lowest BCUT2D eigenvalue weighted by atomic mass is 10.2. The Hall–Kier alpha value is -1.49. The highest BCUT2D eigenvalue weighted by Crippen LogP contribution is 2.26. The minimum Gasteiger partial charge on any atom is -0.373 e. The normalized spacial score (nSPS) is 10.8. The van der Waals surface area contributed by atoms with E-state index in [0.717, 1.165) is 21.5 Å². The summed E-state index contributed by atoms with van der Waals surface area (Å²) < 4.78 is 0. The molecule has 0 aliphatic carbocycles. The Morgan fingerprint density at radius 1 is 1.25 bits per heavy atom. The highest BCUT2D eigenvalue weighted by molar-refractivity contribution is 7.14. The Morgan fingerprint density at radius 2 is 2.06 bits per heavy atom. The first-order valence-corrected chi connectivity index (χ1v) is 6.01. The van der Waals surface area contributed by atoms with Crippen LogP contribution in [0.4, 0.5) is 5.82 Å². The van der Waals surface area contributed by atoms with Crippen molar-refractivity contribution in [2.24, 2.45) is 0 Å². The Bertz CT molecular complexity index is 478. The fourth-order valence-corrected chi connectivity index (χ4v) is 2.08. The van der Waals surface area contributed by atoms with Gasteiger partial charge in [0.1, 0.15) is 16.5 Å². The quantitative estimate of drug-likeness (QED) is 0.887. The molecule has 0 aliphatic rings. The zero-order valence-corrected chi connectivity index (χ0v) is 10.4. The van der Waals surface area contributed by atoms with E-state index in [9.17, 15) is 0 Å². The number of nitrogens with one attached hydrogen (secondary N) is 1. The van der Waals surface area contributed by atoms with Gasteiger partial charge in [-0.3, -0.25) is 0 Å². The Morgan fingerprint density at radius 3 is 2.69 bits per heavy atom. The largest absolute Gasteiger partial charge is 0.373 e. The van der Waals surface area contributed by atoms with E-state index in [2.05, 4.69) is 34.3 Å². The maximum Gasteiger partial charge on any atom is 0.166 e. The molecule has 0 spiro atoms. The summed E-state index contributed by atoms with van der Waals surface area (Å²) in [7, 11) is 1.85. The van der Waals surface area contributed by atoms with E-state index in [4.69, 9.17) is 0 Å². The number of nitrogens with zero attached hydrogens (tertiary/aromatic N) is 3. The molecule has 0 atom stereocenters. The van der Waals surface area contributed by atoms with Crippen molar-refractivity contribution in [2.75, 3.05) is 12.4 Å². The van der Waals surface area contributed by atoms with Crippen molar-refractivity contribution in [3.8, 4) is 10.7 Å². The first-order chi connectivity index (χ1) is 7.70. The molecular formula is C11H14N4S. The lowest BCUT2D eigenvalue weighted by Crippen LogP contribution is -1.92. The van der Waals surface area contributed by atoms with E-state index in [0.29, 0.717) is 5.92 Å².